The molecule has 1 heterocycles. The highest BCUT2D eigenvalue weighted by Gasteiger charge is 2.13. The first-order valence-corrected chi connectivity index (χ1v) is 6.37. The van der Waals surface area contributed by atoms with Crippen LogP contribution < -0.4 is 15.0 Å². The van der Waals surface area contributed by atoms with Crippen LogP contribution in [0.2, 0.25) is 0 Å². The van der Waals surface area contributed by atoms with E-state index in [1.165, 1.54) is 11.3 Å². The fourth-order valence-electron chi connectivity index (χ4n) is 2.06. The molecule has 94 valence electrons. The standard InChI is InChI=1S/C14H22N2O/c1-11(2)15-7-8-16(3)13-4-5-14-12(10-13)6-9-17-14/h4-5,10-11,15H,6-9H2,1-3H3. The fourth-order valence-corrected chi connectivity index (χ4v) is 2.06. The van der Waals surface area contributed by atoms with Crippen molar-refractivity contribution >= 4 is 5.69 Å². The average Bonchev–Trinajstić information content (AvgIpc) is 2.75. The van der Waals surface area contributed by atoms with Gasteiger partial charge in [-0.2, -0.15) is 0 Å². The molecule has 2 rings (SSSR count). The van der Waals surface area contributed by atoms with E-state index in [4.69, 9.17) is 4.74 Å². The van der Waals surface area contributed by atoms with Crippen LogP contribution in [0.4, 0.5) is 5.69 Å². The lowest BCUT2D eigenvalue weighted by molar-refractivity contribution is 0.357. The van der Waals surface area contributed by atoms with Gasteiger partial charge in [-0.05, 0) is 23.8 Å². The number of hydrogen-bond acceptors (Lipinski definition) is 3. The predicted octanol–water partition coefficient (Wildman–Crippen LogP) is 2.06. The first-order valence-electron chi connectivity index (χ1n) is 6.37. The predicted molar refractivity (Wildman–Crippen MR) is 72.0 cm³/mol. The second-order valence-corrected chi connectivity index (χ2v) is 4.92. The van der Waals surface area contributed by atoms with Crippen LogP contribution in [0.1, 0.15) is 19.4 Å². The van der Waals surface area contributed by atoms with Gasteiger partial charge >= 0.3 is 0 Å². The Kier molecular flexibility index (Phi) is 3.89. The molecule has 3 heteroatoms. The topological polar surface area (TPSA) is 24.5 Å². The fraction of sp³-hybridized carbons (Fsp3) is 0.571. The first kappa shape index (κ1) is 12.2. The molecule has 0 saturated carbocycles. The van der Waals surface area contributed by atoms with Gasteiger partial charge in [0, 0.05) is 38.3 Å². The quantitative estimate of drug-likeness (QED) is 0.844. The highest BCUT2D eigenvalue weighted by Crippen LogP contribution is 2.28. The molecule has 3 nitrogen and oxygen atoms in total. The zero-order chi connectivity index (χ0) is 12.3. The van der Waals surface area contributed by atoms with Gasteiger partial charge in [-0.3, -0.25) is 0 Å². The number of anilines is 1. The van der Waals surface area contributed by atoms with Gasteiger partial charge in [0.25, 0.3) is 0 Å². The summed E-state index contributed by atoms with van der Waals surface area (Å²) in [5, 5.41) is 3.43. The number of nitrogens with zero attached hydrogens (tertiary/aromatic N) is 1. The number of nitrogens with one attached hydrogen (secondary N) is 1. The Labute approximate surface area is 104 Å². The van der Waals surface area contributed by atoms with Gasteiger partial charge in [0.05, 0.1) is 6.61 Å². The highest BCUT2D eigenvalue weighted by molar-refractivity contribution is 5.53. The Morgan fingerprint density at radius 1 is 1.41 bits per heavy atom. The van der Waals surface area contributed by atoms with Crippen LogP contribution >= 0.6 is 0 Å². The monoisotopic (exact) mass is 234 g/mol. The second kappa shape index (κ2) is 5.41. The molecule has 0 saturated heterocycles. The van der Waals surface area contributed by atoms with Crippen molar-refractivity contribution in [2.24, 2.45) is 0 Å². The third-order valence-corrected chi connectivity index (χ3v) is 3.11. The number of rotatable bonds is 5. The number of fused-ring (bicyclic) bond motifs is 1. The number of benzene rings is 1. The van der Waals surface area contributed by atoms with Crippen LogP contribution in [0.15, 0.2) is 18.2 Å². The van der Waals surface area contributed by atoms with Crippen molar-refractivity contribution in [2.45, 2.75) is 26.3 Å². The zero-order valence-electron chi connectivity index (χ0n) is 11.0. The molecule has 0 fully saturated rings. The molecule has 1 N–H and O–H groups in total. The number of hydrogen-bond donors (Lipinski definition) is 1. The lowest BCUT2D eigenvalue weighted by Gasteiger charge is -2.21. The molecule has 1 aliphatic heterocycles. The van der Waals surface area contributed by atoms with E-state index in [1.54, 1.807) is 0 Å². The van der Waals surface area contributed by atoms with E-state index in [9.17, 15) is 0 Å². The van der Waals surface area contributed by atoms with E-state index in [0.29, 0.717) is 6.04 Å². The molecule has 0 amide bonds. The summed E-state index contributed by atoms with van der Waals surface area (Å²) in [5.74, 6) is 1.06. The lowest BCUT2D eigenvalue weighted by atomic mass is 10.1. The lowest BCUT2D eigenvalue weighted by Crippen LogP contribution is -2.32. The Morgan fingerprint density at radius 3 is 3.00 bits per heavy atom. The second-order valence-electron chi connectivity index (χ2n) is 4.92. The van der Waals surface area contributed by atoms with Gasteiger partial charge < -0.3 is 15.0 Å². The van der Waals surface area contributed by atoms with Crippen molar-refractivity contribution in [1.82, 2.24) is 5.32 Å². The first-order chi connectivity index (χ1) is 8.16. The summed E-state index contributed by atoms with van der Waals surface area (Å²) >= 11 is 0. The SMILES string of the molecule is CC(C)NCCN(C)c1ccc2c(c1)CCO2. The summed E-state index contributed by atoms with van der Waals surface area (Å²) in [5.41, 5.74) is 2.62. The van der Waals surface area contributed by atoms with Gasteiger partial charge in [0.15, 0.2) is 0 Å². The van der Waals surface area contributed by atoms with Crippen LogP contribution in [-0.4, -0.2) is 32.8 Å². The summed E-state index contributed by atoms with van der Waals surface area (Å²) in [7, 11) is 2.14. The van der Waals surface area contributed by atoms with E-state index >= 15 is 0 Å². The molecule has 0 spiro atoms. The summed E-state index contributed by atoms with van der Waals surface area (Å²) in [6.45, 7) is 7.22. The smallest absolute Gasteiger partial charge is 0.122 e. The Balaban J connectivity index is 1.92. The van der Waals surface area contributed by atoms with Gasteiger partial charge in [0.1, 0.15) is 5.75 Å². The van der Waals surface area contributed by atoms with Crippen molar-refractivity contribution in [1.29, 1.82) is 0 Å². The van der Waals surface area contributed by atoms with E-state index < -0.39 is 0 Å². The normalized spacial score (nSPS) is 13.6. The summed E-state index contributed by atoms with van der Waals surface area (Å²) in [4.78, 5) is 2.29. The molecule has 0 unspecified atom stereocenters. The van der Waals surface area contributed by atoms with Crippen molar-refractivity contribution in [3.63, 3.8) is 0 Å². The zero-order valence-corrected chi connectivity index (χ0v) is 11.0. The van der Waals surface area contributed by atoms with E-state index in [2.05, 4.69) is 49.3 Å². The Bertz CT molecular complexity index is 376. The maximum atomic E-state index is 5.51. The highest BCUT2D eigenvalue weighted by atomic mass is 16.5. The molecule has 0 radical (unpaired) electrons. The largest absolute Gasteiger partial charge is 0.493 e. The van der Waals surface area contributed by atoms with Gasteiger partial charge in [-0.1, -0.05) is 13.8 Å². The van der Waals surface area contributed by atoms with E-state index in [0.717, 1.165) is 31.9 Å². The molecular formula is C14H22N2O. The van der Waals surface area contributed by atoms with Crippen molar-refractivity contribution in [2.75, 3.05) is 31.6 Å². The summed E-state index contributed by atoms with van der Waals surface area (Å²) in [6.07, 6.45) is 1.04. The third-order valence-electron chi connectivity index (χ3n) is 3.11. The minimum absolute atomic E-state index is 0.553. The molecule has 1 aromatic rings. The van der Waals surface area contributed by atoms with Crippen LogP contribution in [0.3, 0.4) is 0 Å². The van der Waals surface area contributed by atoms with Gasteiger partial charge in [0.2, 0.25) is 0 Å². The summed E-state index contributed by atoms with van der Waals surface area (Å²) < 4.78 is 5.51. The maximum Gasteiger partial charge on any atom is 0.122 e. The van der Waals surface area contributed by atoms with Crippen LogP contribution in [0.25, 0.3) is 0 Å². The molecular weight excluding hydrogens is 212 g/mol. The molecule has 1 aliphatic rings. The van der Waals surface area contributed by atoms with Gasteiger partial charge in [-0.25, -0.2) is 0 Å². The van der Waals surface area contributed by atoms with Crippen molar-refractivity contribution in [3.05, 3.63) is 23.8 Å². The summed E-state index contributed by atoms with van der Waals surface area (Å²) in [6, 6.07) is 7.03. The van der Waals surface area contributed by atoms with Crippen LogP contribution in [0.5, 0.6) is 5.75 Å². The number of ether oxygens (including phenoxy) is 1. The average molecular weight is 234 g/mol. The molecule has 17 heavy (non-hydrogen) atoms. The van der Waals surface area contributed by atoms with Gasteiger partial charge in [-0.15, -0.1) is 0 Å². The van der Waals surface area contributed by atoms with E-state index in [-0.39, 0.29) is 0 Å². The molecule has 0 aromatic heterocycles. The Hall–Kier alpha value is -1.22. The molecule has 0 aliphatic carbocycles. The maximum absolute atomic E-state index is 5.51. The Morgan fingerprint density at radius 2 is 2.24 bits per heavy atom. The van der Waals surface area contributed by atoms with E-state index in [1.807, 2.05) is 0 Å². The minimum atomic E-state index is 0.553. The van der Waals surface area contributed by atoms with Crippen molar-refractivity contribution in [3.8, 4) is 5.75 Å². The molecule has 1 aromatic carbocycles. The third kappa shape index (κ3) is 3.13. The minimum Gasteiger partial charge on any atom is -0.493 e. The molecule has 0 atom stereocenters. The van der Waals surface area contributed by atoms with Crippen molar-refractivity contribution < 1.29 is 4.74 Å². The van der Waals surface area contributed by atoms with Crippen LogP contribution in [-0.2, 0) is 6.42 Å². The molecule has 0 bridgehead atoms. The number of likely N-dealkylation sites (N-methyl/N-ethyl adjacent to an activating group) is 1. The van der Waals surface area contributed by atoms with Crippen LogP contribution in [0, 0.1) is 0 Å².